The Labute approximate surface area is 112 Å². The van der Waals surface area contributed by atoms with Crippen molar-refractivity contribution >= 4 is 11.6 Å². The summed E-state index contributed by atoms with van der Waals surface area (Å²) in [6, 6.07) is 7.81. The molecule has 0 bridgehead atoms. The van der Waals surface area contributed by atoms with E-state index < -0.39 is 0 Å². The third-order valence-corrected chi connectivity index (χ3v) is 2.81. The van der Waals surface area contributed by atoms with E-state index in [2.05, 4.69) is 15.6 Å². The molecule has 0 radical (unpaired) electrons. The summed E-state index contributed by atoms with van der Waals surface area (Å²) in [6.45, 7) is 1.37. The van der Waals surface area contributed by atoms with Crippen LogP contribution in [0.2, 0.25) is 0 Å². The number of rotatable bonds is 6. The molecule has 2 N–H and O–H groups in total. The van der Waals surface area contributed by atoms with Gasteiger partial charge in [-0.05, 0) is 18.7 Å². The van der Waals surface area contributed by atoms with E-state index in [4.69, 9.17) is 0 Å². The van der Waals surface area contributed by atoms with Gasteiger partial charge in [-0.3, -0.25) is 4.79 Å². The van der Waals surface area contributed by atoms with Crippen LogP contribution in [0.4, 0.5) is 5.69 Å². The summed E-state index contributed by atoms with van der Waals surface area (Å²) < 4.78 is 1.89. The lowest BCUT2D eigenvalue weighted by Crippen LogP contribution is -2.16. The third-order valence-electron chi connectivity index (χ3n) is 2.81. The summed E-state index contributed by atoms with van der Waals surface area (Å²) in [5.74, 6) is 0.0113. The molecule has 5 heteroatoms. The SMILES string of the molecule is CNCc1ccccc1NC(=O)CCn1ccnc1. The minimum Gasteiger partial charge on any atom is -0.337 e. The molecule has 2 aromatic rings. The highest BCUT2D eigenvalue weighted by Crippen LogP contribution is 2.14. The fraction of sp³-hybridized carbons (Fsp3) is 0.286. The number of carbonyl (C=O) groups is 1. The van der Waals surface area contributed by atoms with Gasteiger partial charge in [0, 0.05) is 37.6 Å². The predicted octanol–water partition coefficient (Wildman–Crippen LogP) is 1.63. The highest BCUT2D eigenvalue weighted by Gasteiger charge is 2.06. The molecule has 1 heterocycles. The van der Waals surface area contributed by atoms with Crippen LogP contribution in [-0.2, 0) is 17.9 Å². The first-order valence-electron chi connectivity index (χ1n) is 6.27. The second-order valence-electron chi connectivity index (χ2n) is 4.29. The first kappa shape index (κ1) is 13.3. The average Bonchev–Trinajstić information content (AvgIpc) is 2.92. The number of imidazole rings is 1. The second kappa shape index (κ2) is 6.70. The number of nitrogens with zero attached hydrogens (tertiary/aromatic N) is 2. The monoisotopic (exact) mass is 258 g/mol. The van der Waals surface area contributed by atoms with E-state index in [0.717, 1.165) is 17.8 Å². The molecule has 1 amide bonds. The van der Waals surface area contributed by atoms with E-state index in [1.807, 2.05) is 42.1 Å². The van der Waals surface area contributed by atoms with Gasteiger partial charge < -0.3 is 15.2 Å². The maximum Gasteiger partial charge on any atom is 0.226 e. The van der Waals surface area contributed by atoms with Gasteiger partial charge in [-0.2, -0.15) is 0 Å². The van der Waals surface area contributed by atoms with Gasteiger partial charge in [0.1, 0.15) is 0 Å². The smallest absolute Gasteiger partial charge is 0.226 e. The molecule has 2 rings (SSSR count). The molecule has 0 aliphatic carbocycles. The van der Waals surface area contributed by atoms with Crippen LogP contribution >= 0.6 is 0 Å². The van der Waals surface area contributed by atoms with Crippen molar-refractivity contribution in [3.63, 3.8) is 0 Å². The maximum atomic E-state index is 11.9. The molecule has 0 spiro atoms. The van der Waals surface area contributed by atoms with E-state index in [-0.39, 0.29) is 5.91 Å². The Morgan fingerprint density at radius 1 is 1.37 bits per heavy atom. The second-order valence-corrected chi connectivity index (χ2v) is 4.29. The van der Waals surface area contributed by atoms with Crippen LogP contribution < -0.4 is 10.6 Å². The number of benzene rings is 1. The normalized spacial score (nSPS) is 10.4. The molecule has 0 unspecified atom stereocenters. The van der Waals surface area contributed by atoms with Crippen LogP contribution in [0.3, 0.4) is 0 Å². The van der Waals surface area contributed by atoms with Crippen LogP contribution in [-0.4, -0.2) is 22.5 Å². The standard InChI is InChI=1S/C14H18N4O/c1-15-10-12-4-2-3-5-13(12)17-14(19)6-8-18-9-7-16-11-18/h2-5,7,9,11,15H,6,8,10H2,1H3,(H,17,19). The number of carbonyl (C=O) groups excluding carboxylic acids is 1. The molecular weight excluding hydrogens is 240 g/mol. The lowest BCUT2D eigenvalue weighted by Gasteiger charge is -2.10. The molecule has 0 saturated carbocycles. The van der Waals surface area contributed by atoms with Crippen molar-refractivity contribution in [3.8, 4) is 0 Å². The summed E-state index contributed by atoms with van der Waals surface area (Å²) in [5, 5.41) is 6.03. The van der Waals surface area contributed by atoms with Crippen molar-refractivity contribution in [1.82, 2.24) is 14.9 Å². The molecule has 1 aromatic heterocycles. The molecule has 0 aliphatic rings. The van der Waals surface area contributed by atoms with Crippen LogP contribution in [0.5, 0.6) is 0 Å². The highest BCUT2D eigenvalue weighted by atomic mass is 16.1. The topological polar surface area (TPSA) is 58.9 Å². The van der Waals surface area contributed by atoms with E-state index >= 15 is 0 Å². The highest BCUT2D eigenvalue weighted by molar-refractivity contribution is 5.91. The first-order valence-corrected chi connectivity index (χ1v) is 6.27. The van der Waals surface area contributed by atoms with Gasteiger partial charge in [0.15, 0.2) is 0 Å². The fourth-order valence-corrected chi connectivity index (χ4v) is 1.85. The molecule has 0 atom stereocenters. The molecular formula is C14H18N4O. The van der Waals surface area contributed by atoms with E-state index in [0.29, 0.717) is 13.0 Å². The molecule has 0 fully saturated rings. The summed E-state index contributed by atoms with van der Waals surface area (Å²) >= 11 is 0. The van der Waals surface area contributed by atoms with Gasteiger partial charge in [-0.25, -0.2) is 4.98 Å². The quantitative estimate of drug-likeness (QED) is 0.828. The molecule has 0 saturated heterocycles. The maximum absolute atomic E-state index is 11.9. The minimum absolute atomic E-state index is 0.0113. The van der Waals surface area contributed by atoms with Gasteiger partial charge in [-0.1, -0.05) is 18.2 Å². The lowest BCUT2D eigenvalue weighted by atomic mass is 10.1. The average molecular weight is 258 g/mol. The van der Waals surface area contributed by atoms with Gasteiger partial charge in [0.05, 0.1) is 6.33 Å². The van der Waals surface area contributed by atoms with Crippen LogP contribution in [0.15, 0.2) is 43.0 Å². The zero-order valence-electron chi connectivity index (χ0n) is 11.0. The van der Waals surface area contributed by atoms with Crippen molar-refractivity contribution < 1.29 is 4.79 Å². The van der Waals surface area contributed by atoms with E-state index in [1.54, 1.807) is 12.5 Å². The van der Waals surface area contributed by atoms with Crippen LogP contribution in [0, 0.1) is 0 Å². The molecule has 5 nitrogen and oxygen atoms in total. The number of anilines is 1. The first-order chi connectivity index (χ1) is 9.29. The largest absolute Gasteiger partial charge is 0.337 e. The zero-order chi connectivity index (χ0) is 13.5. The van der Waals surface area contributed by atoms with Gasteiger partial charge >= 0.3 is 0 Å². The number of aromatic nitrogens is 2. The number of amides is 1. The Morgan fingerprint density at radius 2 is 2.21 bits per heavy atom. The minimum atomic E-state index is 0.0113. The van der Waals surface area contributed by atoms with Crippen molar-refractivity contribution in [2.24, 2.45) is 0 Å². The van der Waals surface area contributed by atoms with Gasteiger partial charge in [-0.15, -0.1) is 0 Å². The Kier molecular flexibility index (Phi) is 4.69. The van der Waals surface area contributed by atoms with Gasteiger partial charge in [0.2, 0.25) is 5.91 Å². The van der Waals surface area contributed by atoms with Crippen molar-refractivity contribution in [2.45, 2.75) is 19.5 Å². The third kappa shape index (κ3) is 3.93. The fourth-order valence-electron chi connectivity index (χ4n) is 1.85. The Morgan fingerprint density at radius 3 is 2.95 bits per heavy atom. The Bertz CT molecular complexity index is 522. The predicted molar refractivity (Wildman–Crippen MR) is 74.7 cm³/mol. The molecule has 100 valence electrons. The van der Waals surface area contributed by atoms with E-state index in [1.165, 1.54) is 0 Å². The number of nitrogens with one attached hydrogen (secondary N) is 2. The number of aryl methyl sites for hydroxylation is 1. The molecule has 19 heavy (non-hydrogen) atoms. The van der Waals surface area contributed by atoms with Crippen molar-refractivity contribution in [1.29, 1.82) is 0 Å². The summed E-state index contributed by atoms with van der Waals surface area (Å²) in [5.41, 5.74) is 1.95. The van der Waals surface area contributed by atoms with E-state index in [9.17, 15) is 4.79 Å². The summed E-state index contributed by atoms with van der Waals surface area (Å²) in [6.07, 6.45) is 5.70. The Hall–Kier alpha value is -2.14. The Balaban J connectivity index is 1.91. The summed E-state index contributed by atoms with van der Waals surface area (Å²) in [4.78, 5) is 15.8. The number of para-hydroxylation sites is 1. The van der Waals surface area contributed by atoms with Crippen molar-refractivity contribution in [2.75, 3.05) is 12.4 Å². The van der Waals surface area contributed by atoms with Crippen LogP contribution in [0.1, 0.15) is 12.0 Å². The van der Waals surface area contributed by atoms with Crippen molar-refractivity contribution in [3.05, 3.63) is 48.5 Å². The molecule has 1 aromatic carbocycles. The number of hydrogen-bond donors (Lipinski definition) is 2. The number of hydrogen-bond acceptors (Lipinski definition) is 3. The van der Waals surface area contributed by atoms with Crippen LogP contribution in [0.25, 0.3) is 0 Å². The van der Waals surface area contributed by atoms with Gasteiger partial charge in [0.25, 0.3) is 0 Å². The lowest BCUT2D eigenvalue weighted by molar-refractivity contribution is -0.116. The molecule has 0 aliphatic heterocycles. The zero-order valence-corrected chi connectivity index (χ0v) is 11.0. The summed E-state index contributed by atoms with van der Waals surface area (Å²) in [7, 11) is 1.89.